The van der Waals surface area contributed by atoms with Crippen molar-refractivity contribution in [1.29, 1.82) is 0 Å². The smallest absolute Gasteiger partial charge is 0.218 e. The molecule has 224 valence electrons. The second kappa shape index (κ2) is 13.7. The SMILES string of the molecule is COc1nc(-c2cccc(-c3ccnc(-c4ccc5c(c4)N(C)CCNC5)c3Cl)c2Cl)ccc1CNC[C@H](C)NC(C)=O. The van der Waals surface area contributed by atoms with Crippen molar-refractivity contribution in [2.75, 3.05) is 38.7 Å². The lowest BCUT2D eigenvalue weighted by Gasteiger charge is -2.20. The first-order valence-electron chi connectivity index (χ1n) is 14.3. The van der Waals surface area contributed by atoms with E-state index in [4.69, 9.17) is 32.9 Å². The van der Waals surface area contributed by atoms with E-state index in [1.807, 2.05) is 43.3 Å². The summed E-state index contributed by atoms with van der Waals surface area (Å²) in [5, 5.41) is 10.7. The van der Waals surface area contributed by atoms with Gasteiger partial charge in [0.2, 0.25) is 11.8 Å². The number of hydrogen-bond donors (Lipinski definition) is 3. The molecule has 1 amide bonds. The molecular weight excluding hydrogens is 583 g/mol. The van der Waals surface area contributed by atoms with Crippen molar-refractivity contribution in [1.82, 2.24) is 25.9 Å². The van der Waals surface area contributed by atoms with Crippen LogP contribution in [0.3, 0.4) is 0 Å². The Kier molecular flexibility index (Phi) is 9.82. The summed E-state index contributed by atoms with van der Waals surface area (Å²) in [6.07, 6.45) is 1.77. The highest BCUT2D eigenvalue weighted by Crippen LogP contribution is 2.42. The van der Waals surface area contributed by atoms with Gasteiger partial charge in [-0.05, 0) is 30.7 Å². The summed E-state index contributed by atoms with van der Waals surface area (Å²) in [5.74, 6) is 0.451. The van der Waals surface area contributed by atoms with Gasteiger partial charge in [-0.2, -0.15) is 0 Å². The van der Waals surface area contributed by atoms with E-state index in [1.54, 1.807) is 13.3 Å². The van der Waals surface area contributed by atoms with Crippen LogP contribution in [0.15, 0.2) is 60.8 Å². The predicted octanol–water partition coefficient (Wildman–Crippen LogP) is 5.95. The molecular formula is C33H36Cl2N6O2. The van der Waals surface area contributed by atoms with Crippen LogP contribution in [0.5, 0.6) is 5.88 Å². The maximum absolute atomic E-state index is 11.3. The van der Waals surface area contributed by atoms with Crippen molar-refractivity contribution in [3.63, 3.8) is 0 Å². The van der Waals surface area contributed by atoms with Gasteiger partial charge in [0.05, 0.1) is 28.5 Å². The number of fused-ring (bicyclic) bond motifs is 1. The highest BCUT2D eigenvalue weighted by atomic mass is 35.5. The van der Waals surface area contributed by atoms with Crippen LogP contribution in [-0.4, -0.2) is 55.7 Å². The van der Waals surface area contributed by atoms with Crippen molar-refractivity contribution in [2.24, 2.45) is 0 Å². The molecule has 1 atom stereocenters. The summed E-state index contributed by atoms with van der Waals surface area (Å²) in [4.78, 5) is 23.0. The Balaban J connectivity index is 1.43. The molecule has 0 unspecified atom stereocenters. The van der Waals surface area contributed by atoms with Gasteiger partial charge < -0.3 is 25.6 Å². The highest BCUT2D eigenvalue weighted by molar-refractivity contribution is 6.39. The topological polar surface area (TPSA) is 91.4 Å². The number of benzene rings is 2. The number of halogens is 2. The molecule has 10 heteroatoms. The van der Waals surface area contributed by atoms with E-state index in [1.165, 1.54) is 18.2 Å². The number of rotatable bonds is 9. The van der Waals surface area contributed by atoms with Crippen molar-refractivity contribution in [3.05, 3.63) is 82.0 Å². The molecule has 2 aromatic carbocycles. The Morgan fingerprint density at radius 2 is 1.88 bits per heavy atom. The predicted molar refractivity (Wildman–Crippen MR) is 175 cm³/mol. The minimum atomic E-state index is -0.0548. The number of amides is 1. The maximum Gasteiger partial charge on any atom is 0.218 e. The Morgan fingerprint density at radius 3 is 2.67 bits per heavy atom. The number of nitrogens with zero attached hydrogens (tertiary/aromatic N) is 3. The van der Waals surface area contributed by atoms with Crippen molar-refractivity contribution >= 4 is 34.8 Å². The summed E-state index contributed by atoms with van der Waals surface area (Å²) < 4.78 is 5.62. The van der Waals surface area contributed by atoms with E-state index >= 15 is 0 Å². The van der Waals surface area contributed by atoms with Gasteiger partial charge in [-0.25, -0.2) is 4.98 Å². The zero-order valence-electron chi connectivity index (χ0n) is 24.8. The second-order valence-electron chi connectivity index (χ2n) is 10.7. The summed E-state index contributed by atoms with van der Waals surface area (Å²) in [5.41, 5.74) is 8.02. The fourth-order valence-electron chi connectivity index (χ4n) is 5.35. The van der Waals surface area contributed by atoms with Crippen LogP contribution in [0, 0.1) is 0 Å². The molecule has 0 spiro atoms. The Labute approximate surface area is 262 Å². The lowest BCUT2D eigenvalue weighted by atomic mass is 9.99. The minimum absolute atomic E-state index is 0.00762. The summed E-state index contributed by atoms with van der Waals surface area (Å²) >= 11 is 14.1. The van der Waals surface area contributed by atoms with E-state index < -0.39 is 0 Å². The number of methoxy groups -OCH3 is 1. The number of pyridine rings is 2. The number of anilines is 1. The van der Waals surface area contributed by atoms with Crippen LogP contribution in [0.4, 0.5) is 5.69 Å². The van der Waals surface area contributed by atoms with Crippen LogP contribution in [0.25, 0.3) is 33.6 Å². The summed E-state index contributed by atoms with van der Waals surface area (Å²) in [6.45, 7) is 7.31. The number of carbonyl (C=O) groups excluding carboxylic acids is 1. The number of aromatic nitrogens is 2. The van der Waals surface area contributed by atoms with Crippen molar-refractivity contribution < 1.29 is 9.53 Å². The molecule has 0 saturated carbocycles. The zero-order valence-corrected chi connectivity index (χ0v) is 26.3. The van der Waals surface area contributed by atoms with Crippen LogP contribution in [0.2, 0.25) is 10.0 Å². The molecule has 3 N–H and O–H groups in total. The molecule has 0 radical (unpaired) electrons. The highest BCUT2D eigenvalue weighted by Gasteiger charge is 2.19. The lowest BCUT2D eigenvalue weighted by molar-refractivity contribution is -0.119. The molecule has 3 heterocycles. The van der Waals surface area contributed by atoms with Gasteiger partial charge in [-0.15, -0.1) is 0 Å². The quantitative estimate of drug-likeness (QED) is 0.214. The largest absolute Gasteiger partial charge is 0.481 e. The van der Waals surface area contributed by atoms with E-state index in [2.05, 4.69) is 51.1 Å². The van der Waals surface area contributed by atoms with E-state index in [-0.39, 0.29) is 11.9 Å². The van der Waals surface area contributed by atoms with Crippen LogP contribution in [0.1, 0.15) is 25.0 Å². The van der Waals surface area contributed by atoms with Crippen molar-refractivity contribution in [2.45, 2.75) is 33.0 Å². The Bertz CT molecular complexity index is 1630. The normalized spacial score (nSPS) is 13.7. The summed E-state index contributed by atoms with van der Waals surface area (Å²) in [7, 11) is 3.70. The number of nitrogens with one attached hydrogen (secondary N) is 3. The zero-order chi connectivity index (χ0) is 30.5. The standard InChI is InChI=1S/C33H36Cl2N6O2/c1-20(39-21(2)42)17-37-19-24-10-11-28(40-33(24)43-4)27-7-5-6-25(30(27)34)26-12-13-38-32(31(26)35)22-8-9-23-18-36-14-15-41(3)29(23)16-22/h5-13,16,20,36-37H,14-15,17-19H2,1-4H3,(H,39,42)/t20-/m0/s1. The fraction of sp³-hybridized carbons (Fsp3) is 0.303. The monoisotopic (exact) mass is 618 g/mol. The third-order valence-electron chi connectivity index (χ3n) is 7.51. The Morgan fingerprint density at radius 1 is 1.09 bits per heavy atom. The molecule has 4 aromatic rings. The van der Waals surface area contributed by atoms with Gasteiger partial charge in [-0.3, -0.25) is 9.78 Å². The average Bonchev–Trinajstić information content (AvgIpc) is 3.18. The van der Waals surface area contributed by atoms with E-state index in [0.29, 0.717) is 40.4 Å². The van der Waals surface area contributed by atoms with Gasteiger partial charge in [0.25, 0.3) is 0 Å². The number of carbonyl (C=O) groups is 1. The van der Waals surface area contributed by atoms with Gasteiger partial charge in [0, 0.05) is 92.4 Å². The Hall–Kier alpha value is -3.69. The molecule has 1 aliphatic heterocycles. The average molecular weight is 620 g/mol. The first-order chi connectivity index (χ1) is 20.8. The van der Waals surface area contributed by atoms with Gasteiger partial charge in [-0.1, -0.05) is 59.6 Å². The van der Waals surface area contributed by atoms with Gasteiger partial charge in [0.1, 0.15) is 0 Å². The molecule has 43 heavy (non-hydrogen) atoms. The molecule has 0 bridgehead atoms. The molecule has 0 saturated heterocycles. The van der Waals surface area contributed by atoms with E-state index in [9.17, 15) is 4.79 Å². The van der Waals surface area contributed by atoms with Crippen molar-refractivity contribution in [3.8, 4) is 39.5 Å². The molecule has 5 rings (SSSR count). The molecule has 8 nitrogen and oxygen atoms in total. The molecule has 0 fully saturated rings. The molecule has 2 aromatic heterocycles. The third kappa shape index (κ3) is 6.94. The third-order valence-corrected chi connectivity index (χ3v) is 8.30. The first kappa shape index (κ1) is 30.8. The van der Waals surface area contributed by atoms with Crippen LogP contribution < -0.4 is 25.6 Å². The minimum Gasteiger partial charge on any atom is -0.481 e. The van der Waals surface area contributed by atoms with Crippen LogP contribution in [-0.2, 0) is 17.9 Å². The maximum atomic E-state index is 11.3. The molecule has 1 aliphatic rings. The lowest BCUT2D eigenvalue weighted by Crippen LogP contribution is -2.38. The van der Waals surface area contributed by atoms with E-state index in [0.717, 1.165) is 47.5 Å². The van der Waals surface area contributed by atoms with Gasteiger partial charge >= 0.3 is 0 Å². The molecule has 0 aliphatic carbocycles. The number of hydrogen-bond acceptors (Lipinski definition) is 7. The number of likely N-dealkylation sites (N-methyl/N-ethyl adjacent to an activating group) is 1. The van der Waals surface area contributed by atoms with Crippen LogP contribution >= 0.6 is 23.2 Å². The second-order valence-corrected chi connectivity index (χ2v) is 11.5. The summed E-state index contributed by atoms with van der Waals surface area (Å²) in [6, 6.07) is 18.0. The fourth-order valence-corrected chi connectivity index (χ4v) is 6.00. The van der Waals surface area contributed by atoms with Gasteiger partial charge in [0.15, 0.2) is 0 Å². The number of ether oxygens (including phenoxy) is 1. The first-order valence-corrected chi connectivity index (χ1v) is 15.0.